The topological polar surface area (TPSA) is 55.4 Å². The molecule has 17 heavy (non-hydrogen) atoms. The fraction of sp³-hybridized carbons (Fsp3) is 0.455. The number of hydrogen-bond donors (Lipinski definition) is 1. The lowest BCUT2D eigenvalue weighted by molar-refractivity contribution is 0.196. The van der Waals surface area contributed by atoms with Crippen molar-refractivity contribution in [1.29, 1.82) is 0 Å². The second kappa shape index (κ2) is 6.68. The third kappa shape index (κ3) is 5.76. The first kappa shape index (κ1) is 14.1. The summed E-state index contributed by atoms with van der Waals surface area (Å²) in [6, 6.07) is 5.42. The Morgan fingerprint density at radius 2 is 1.94 bits per heavy atom. The average Bonchev–Trinajstić information content (AvgIpc) is 2.27. The van der Waals surface area contributed by atoms with Gasteiger partial charge in [-0.25, -0.2) is 17.5 Å². The van der Waals surface area contributed by atoms with Crippen molar-refractivity contribution < 1.29 is 17.5 Å². The molecule has 1 aromatic carbocycles. The van der Waals surface area contributed by atoms with Crippen molar-refractivity contribution in [2.75, 3.05) is 20.3 Å². The molecule has 0 heterocycles. The van der Waals surface area contributed by atoms with E-state index in [0.717, 1.165) is 0 Å². The standard InChI is InChI=1S/C11H16FNO3S/c1-16-8-2-7-13-17(14,15)9-10-3-5-11(12)6-4-10/h3-6,13H,2,7-9H2,1H3. The van der Waals surface area contributed by atoms with Crippen LogP contribution in [0.15, 0.2) is 24.3 Å². The molecule has 0 aliphatic carbocycles. The lowest BCUT2D eigenvalue weighted by atomic mass is 10.2. The van der Waals surface area contributed by atoms with Crippen LogP contribution in [0, 0.1) is 5.82 Å². The predicted molar refractivity (Wildman–Crippen MR) is 63.5 cm³/mol. The Morgan fingerprint density at radius 3 is 2.53 bits per heavy atom. The Labute approximate surface area is 101 Å². The van der Waals surface area contributed by atoms with Crippen molar-refractivity contribution in [2.45, 2.75) is 12.2 Å². The number of methoxy groups -OCH3 is 1. The Bertz CT molecular complexity index is 431. The zero-order chi connectivity index (χ0) is 12.7. The van der Waals surface area contributed by atoms with E-state index < -0.39 is 10.0 Å². The molecule has 1 N–H and O–H groups in total. The third-order valence-corrected chi connectivity index (χ3v) is 3.47. The summed E-state index contributed by atoms with van der Waals surface area (Å²) in [6.45, 7) is 0.858. The van der Waals surface area contributed by atoms with Crippen LogP contribution in [0.25, 0.3) is 0 Å². The molecule has 6 heteroatoms. The highest BCUT2D eigenvalue weighted by molar-refractivity contribution is 7.88. The summed E-state index contributed by atoms with van der Waals surface area (Å²) in [7, 11) is -1.79. The van der Waals surface area contributed by atoms with Gasteiger partial charge in [-0.05, 0) is 24.1 Å². The molecule has 0 amide bonds. The third-order valence-electron chi connectivity index (χ3n) is 2.12. The highest BCUT2D eigenvalue weighted by Crippen LogP contribution is 2.06. The van der Waals surface area contributed by atoms with Crippen molar-refractivity contribution in [2.24, 2.45) is 0 Å². The molecule has 0 radical (unpaired) electrons. The first-order chi connectivity index (χ1) is 8.03. The summed E-state index contributed by atoms with van der Waals surface area (Å²) in [5, 5.41) is 0. The van der Waals surface area contributed by atoms with Crippen LogP contribution in [0.1, 0.15) is 12.0 Å². The average molecular weight is 261 g/mol. The van der Waals surface area contributed by atoms with Gasteiger partial charge in [0.25, 0.3) is 0 Å². The molecule has 0 aliphatic heterocycles. The van der Waals surface area contributed by atoms with E-state index in [-0.39, 0.29) is 11.6 Å². The SMILES string of the molecule is COCCCNS(=O)(=O)Cc1ccc(F)cc1. The second-order valence-electron chi connectivity index (χ2n) is 3.63. The predicted octanol–water partition coefficient (Wildman–Crippen LogP) is 1.28. The molecule has 0 spiro atoms. The van der Waals surface area contributed by atoms with Crippen molar-refractivity contribution in [3.8, 4) is 0 Å². The number of sulfonamides is 1. The summed E-state index contributed by atoms with van der Waals surface area (Å²) < 4.78 is 43.1. The molecule has 1 aromatic rings. The first-order valence-corrected chi connectivity index (χ1v) is 6.89. The van der Waals surface area contributed by atoms with Gasteiger partial charge in [-0.1, -0.05) is 12.1 Å². The molecular formula is C11H16FNO3S. The molecule has 4 nitrogen and oxygen atoms in total. The summed E-state index contributed by atoms with van der Waals surface area (Å²) >= 11 is 0. The van der Waals surface area contributed by atoms with E-state index in [0.29, 0.717) is 25.1 Å². The fourth-order valence-electron chi connectivity index (χ4n) is 1.30. The Morgan fingerprint density at radius 1 is 1.29 bits per heavy atom. The van der Waals surface area contributed by atoms with Gasteiger partial charge >= 0.3 is 0 Å². The number of benzene rings is 1. The van der Waals surface area contributed by atoms with Gasteiger partial charge in [-0.15, -0.1) is 0 Å². The van der Waals surface area contributed by atoms with Gasteiger partial charge in [0.2, 0.25) is 10.0 Å². The highest BCUT2D eigenvalue weighted by Gasteiger charge is 2.10. The summed E-state index contributed by atoms with van der Waals surface area (Å²) in [5.41, 5.74) is 0.561. The first-order valence-electron chi connectivity index (χ1n) is 5.24. The van der Waals surface area contributed by atoms with E-state index in [1.54, 1.807) is 7.11 Å². The van der Waals surface area contributed by atoms with Crippen molar-refractivity contribution >= 4 is 10.0 Å². The van der Waals surface area contributed by atoms with E-state index in [1.165, 1.54) is 24.3 Å². The van der Waals surface area contributed by atoms with Gasteiger partial charge in [-0.3, -0.25) is 0 Å². The number of nitrogens with one attached hydrogen (secondary N) is 1. The van der Waals surface area contributed by atoms with E-state index in [4.69, 9.17) is 4.74 Å². The minimum Gasteiger partial charge on any atom is -0.385 e. The van der Waals surface area contributed by atoms with E-state index in [2.05, 4.69) is 4.72 Å². The highest BCUT2D eigenvalue weighted by atomic mass is 32.2. The lowest BCUT2D eigenvalue weighted by Crippen LogP contribution is -2.26. The van der Waals surface area contributed by atoms with Crippen LogP contribution in [-0.2, 0) is 20.5 Å². The van der Waals surface area contributed by atoms with Crippen LogP contribution in [-0.4, -0.2) is 28.7 Å². The molecule has 0 atom stereocenters. The molecule has 0 aromatic heterocycles. The van der Waals surface area contributed by atoms with Gasteiger partial charge in [0.05, 0.1) is 5.75 Å². The maximum Gasteiger partial charge on any atom is 0.215 e. The maximum absolute atomic E-state index is 12.6. The molecule has 1 rings (SSSR count). The summed E-state index contributed by atoms with van der Waals surface area (Å²) in [5.74, 6) is -0.514. The van der Waals surface area contributed by atoms with Crippen LogP contribution >= 0.6 is 0 Å². The van der Waals surface area contributed by atoms with Crippen LogP contribution < -0.4 is 4.72 Å². The maximum atomic E-state index is 12.6. The van der Waals surface area contributed by atoms with Crippen molar-refractivity contribution in [3.63, 3.8) is 0 Å². The van der Waals surface area contributed by atoms with Crippen LogP contribution in [0.2, 0.25) is 0 Å². The van der Waals surface area contributed by atoms with Gasteiger partial charge in [0, 0.05) is 20.3 Å². The quantitative estimate of drug-likeness (QED) is 0.752. The molecule has 96 valence electrons. The smallest absolute Gasteiger partial charge is 0.215 e. The van der Waals surface area contributed by atoms with E-state index >= 15 is 0 Å². The van der Waals surface area contributed by atoms with Gasteiger partial charge in [-0.2, -0.15) is 0 Å². The van der Waals surface area contributed by atoms with Gasteiger partial charge in [0.1, 0.15) is 5.82 Å². The second-order valence-corrected chi connectivity index (χ2v) is 5.43. The van der Waals surface area contributed by atoms with Crippen LogP contribution in [0.5, 0.6) is 0 Å². The number of rotatable bonds is 7. The molecule has 0 saturated carbocycles. The number of ether oxygens (including phenoxy) is 1. The monoisotopic (exact) mass is 261 g/mol. The minimum atomic E-state index is -3.36. The molecule has 0 aliphatic rings. The molecule has 0 bridgehead atoms. The van der Waals surface area contributed by atoms with Crippen LogP contribution in [0.3, 0.4) is 0 Å². The summed E-state index contributed by atoms with van der Waals surface area (Å²) in [6.07, 6.45) is 0.624. The number of hydrogen-bond acceptors (Lipinski definition) is 3. The molecular weight excluding hydrogens is 245 g/mol. The molecule has 0 fully saturated rings. The largest absolute Gasteiger partial charge is 0.385 e. The fourth-order valence-corrected chi connectivity index (χ4v) is 2.48. The number of halogens is 1. The Kier molecular flexibility index (Phi) is 5.54. The van der Waals surface area contributed by atoms with E-state index in [9.17, 15) is 12.8 Å². The van der Waals surface area contributed by atoms with Crippen molar-refractivity contribution in [3.05, 3.63) is 35.6 Å². The van der Waals surface area contributed by atoms with E-state index in [1.807, 2.05) is 0 Å². The normalized spacial score (nSPS) is 11.6. The molecule has 0 saturated heterocycles. The lowest BCUT2D eigenvalue weighted by Gasteiger charge is -2.06. The van der Waals surface area contributed by atoms with Gasteiger partial charge in [0.15, 0.2) is 0 Å². The van der Waals surface area contributed by atoms with Crippen molar-refractivity contribution in [1.82, 2.24) is 4.72 Å². The zero-order valence-electron chi connectivity index (χ0n) is 9.65. The summed E-state index contributed by atoms with van der Waals surface area (Å²) in [4.78, 5) is 0. The minimum absolute atomic E-state index is 0.139. The Hall–Kier alpha value is -0.980. The van der Waals surface area contributed by atoms with Gasteiger partial charge < -0.3 is 4.74 Å². The zero-order valence-corrected chi connectivity index (χ0v) is 10.5. The molecule has 0 unspecified atom stereocenters. The Balaban J connectivity index is 2.46. The van der Waals surface area contributed by atoms with Crippen LogP contribution in [0.4, 0.5) is 4.39 Å².